The highest BCUT2D eigenvalue weighted by Crippen LogP contribution is 2.20. The molecule has 25 heavy (non-hydrogen) atoms. The molecule has 1 unspecified atom stereocenters. The van der Waals surface area contributed by atoms with Gasteiger partial charge < -0.3 is 19.5 Å². The molecule has 0 saturated carbocycles. The van der Waals surface area contributed by atoms with Crippen LogP contribution in [-0.4, -0.2) is 46.8 Å². The molecule has 0 radical (unpaired) electrons. The SMILES string of the molecule is COC(=O)N1CCC(NC(Cn2ccnc2)c2ccc(F)cc2)CC1. The number of likely N-dealkylation sites (tertiary alicyclic amines) is 1. The second-order valence-electron chi connectivity index (χ2n) is 6.26. The molecule has 1 aromatic carbocycles. The molecular weight excluding hydrogens is 323 g/mol. The number of hydrogen-bond acceptors (Lipinski definition) is 4. The van der Waals surface area contributed by atoms with Crippen LogP contribution >= 0.6 is 0 Å². The van der Waals surface area contributed by atoms with Crippen molar-refractivity contribution in [3.8, 4) is 0 Å². The maximum atomic E-state index is 13.3. The predicted octanol–water partition coefficient (Wildman–Crippen LogP) is 2.58. The van der Waals surface area contributed by atoms with Crippen molar-refractivity contribution in [2.75, 3.05) is 20.2 Å². The van der Waals surface area contributed by atoms with E-state index in [1.54, 1.807) is 17.4 Å². The summed E-state index contributed by atoms with van der Waals surface area (Å²) in [5, 5.41) is 3.66. The predicted molar refractivity (Wildman–Crippen MR) is 91.5 cm³/mol. The third-order valence-electron chi connectivity index (χ3n) is 4.59. The van der Waals surface area contributed by atoms with Gasteiger partial charge in [0.2, 0.25) is 0 Å². The van der Waals surface area contributed by atoms with E-state index in [4.69, 9.17) is 4.74 Å². The van der Waals surface area contributed by atoms with Crippen molar-refractivity contribution >= 4 is 6.09 Å². The molecule has 1 aromatic heterocycles. The lowest BCUT2D eigenvalue weighted by Crippen LogP contribution is -2.46. The molecule has 0 aliphatic carbocycles. The van der Waals surface area contributed by atoms with Gasteiger partial charge in [-0.15, -0.1) is 0 Å². The van der Waals surface area contributed by atoms with Crippen LogP contribution in [0.4, 0.5) is 9.18 Å². The number of amides is 1. The monoisotopic (exact) mass is 346 g/mol. The van der Waals surface area contributed by atoms with Crippen molar-refractivity contribution in [2.45, 2.75) is 31.5 Å². The molecule has 2 aromatic rings. The lowest BCUT2D eigenvalue weighted by molar-refractivity contribution is 0.108. The van der Waals surface area contributed by atoms with E-state index in [0.717, 1.165) is 18.4 Å². The Kier molecular flexibility index (Phi) is 5.65. The van der Waals surface area contributed by atoms with E-state index in [1.807, 2.05) is 22.9 Å². The highest BCUT2D eigenvalue weighted by atomic mass is 19.1. The quantitative estimate of drug-likeness (QED) is 0.904. The van der Waals surface area contributed by atoms with Crippen molar-refractivity contribution in [1.29, 1.82) is 0 Å². The molecule has 7 heteroatoms. The minimum Gasteiger partial charge on any atom is -0.453 e. The fourth-order valence-electron chi connectivity index (χ4n) is 3.20. The van der Waals surface area contributed by atoms with Gasteiger partial charge in [-0.3, -0.25) is 0 Å². The topological polar surface area (TPSA) is 59.4 Å². The van der Waals surface area contributed by atoms with Gasteiger partial charge in [0.1, 0.15) is 5.82 Å². The Labute approximate surface area is 146 Å². The normalized spacial score (nSPS) is 16.6. The lowest BCUT2D eigenvalue weighted by atomic mass is 10.0. The molecular formula is C18H23FN4O2. The maximum Gasteiger partial charge on any atom is 0.409 e. The van der Waals surface area contributed by atoms with E-state index in [2.05, 4.69) is 10.3 Å². The number of halogens is 1. The molecule has 0 spiro atoms. The van der Waals surface area contributed by atoms with Gasteiger partial charge in [0, 0.05) is 38.1 Å². The van der Waals surface area contributed by atoms with E-state index < -0.39 is 0 Å². The van der Waals surface area contributed by atoms with Crippen molar-refractivity contribution in [3.63, 3.8) is 0 Å². The minimum atomic E-state index is -0.271. The molecule has 1 atom stereocenters. The Morgan fingerprint density at radius 2 is 2.08 bits per heavy atom. The zero-order chi connectivity index (χ0) is 17.6. The van der Waals surface area contributed by atoms with Crippen LogP contribution in [0.2, 0.25) is 0 Å². The van der Waals surface area contributed by atoms with Crippen molar-refractivity contribution in [3.05, 3.63) is 54.4 Å². The number of piperidine rings is 1. The molecule has 0 bridgehead atoms. The molecule has 1 saturated heterocycles. The third-order valence-corrected chi connectivity index (χ3v) is 4.59. The van der Waals surface area contributed by atoms with Crippen LogP contribution in [0, 0.1) is 5.82 Å². The fraction of sp³-hybridized carbons (Fsp3) is 0.444. The Morgan fingerprint density at radius 1 is 1.36 bits per heavy atom. The molecule has 3 rings (SSSR count). The summed E-state index contributed by atoms with van der Waals surface area (Å²) in [7, 11) is 1.41. The number of imidazole rings is 1. The second kappa shape index (κ2) is 8.11. The highest BCUT2D eigenvalue weighted by Gasteiger charge is 2.25. The largest absolute Gasteiger partial charge is 0.453 e. The minimum absolute atomic E-state index is 0.0458. The third kappa shape index (κ3) is 4.57. The second-order valence-corrected chi connectivity index (χ2v) is 6.26. The lowest BCUT2D eigenvalue weighted by Gasteiger charge is -2.34. The van der Waals surface area contributed by atoms with Crippen LogP contribution in [-0.2, 0) is 11.3 Å². The number of nitrogens with one attached hydrogen (secondary N) is 1. The van der Waals surface area contributed by atoms with Crippen LogP contribution < -0.4 is 5.32 Å². The molecule has 2 heterocycles. The summed E-state index contributed by atoms with van der Waals surface area (Å²) in [5.41, 5.74) is 1.03. The first-order chi connectivity index (χ1) is 12.2. The van der Waals surface area contributed by atoms with Gasteiger partial charge >= 0.3 is 6.09 Å². The molecule has 1 amide bonds. The highest BCUT2D eigenvalue weighted by molar-refractivity contribution is 5.67. The first-order valence-corrected chi connectivity index (χ1v) is 8.46. The summed E-state index contributed by atoms with van der Waals surface area (Å²) in [5.74, 6) is -0.239. The Morgan fingerprint density at radius 3 is 2.68 bits per heavy atom. The van der Waals surface area contributed by atoms with Gasteiger partial charge in [0.25, 0.3) is 0 Å². The van der Waals surface area contributed by atoms with Crippen LogP contribution in [0.1, 0.15) is 24.4 Å². The van der Waals surface area contributed by atoms with Crippen LogP contribution in [0.5, 0.6) is 0 Å². The average Bonchev–Trinajstić information content (AvgIpc) is 3.15. The van der Waals surface area contributed by atoms with E-state index >= 15 is 0 Å². The van der Waals surface area contributed by atoms with Crippen molar-refractivity contribution in [2.24, 2.45) is 0 Å². The molecule has 1 fully saturated rings. The molecule has 1 aliphatic heterocycles. The summed E-state index contributed by atoms with van der Waals surface area (Å²) in [6, 6.07) is 6.93. The van der Waals surface area contributed by atoms with Crippen molar-refractivity contribution < 1.29 is 13.9 Å². The number of hydrogen-bond donors (Lipinski definition) is 1. The summed E-state index contributed by atoms with van der Waals surface area (Å²) in [6.07, 6.45) is 6.88. The van der Waals surface area contributed by atoms with Crippen LogP contribution in [0.3, 0.4) is 0 Å². The van der Waals surface area contributed by atoms with Crippen molar-refractivity contribution in [1.82, 2.24) is 19.8 Å². The van der Waals surface area contributed by atoms with Gasteiger partial charge in [-0.2, -0.15) is 0 Å². The van der Waals surface area contributed by atoms with Gasteiger partial charge in [-0.05, 0) is 30.5 Å². The Balaban J connectivity index is 1.66. The summed E-state index contributed by atoms with van der Waals surface area (Å²) in [4.78, 5) is 17.4. The average molecular weight is 346 g/mol. The van der Waals surface area contributed by atoms with Gasteiger partial charge in [-0.25, -0.2) is 14.2 Å². The number of nitrogens with zero attached hydrogens (tertiary/aromatic N) is 3. The number of carbonyl (C=O) groups excluding carboxylic acids is 1. The molecule has 134 valence electrons. The van der Waals surface area contributed by atoms with Gasteiger partial charge in [-0.1, -0.05) is 12.1 Å². The molecule has 6 nitrogen and oxygen atoms in total. The Hall–Kier alpha value is -2.41. The molecule has 1 N–H and O–H groups in total. The Bertz CT molecular complexity index is 667. The first-order valence-electron chi connectivity index (χ1n) is 8.46. The zero-order valence-electron chi connectivity index (χ0n) is 14.3. The number of rotatable bonds is 5. The van der Waals surface area contributed by atoms with E-state index in [-0.39, 0.29) is 18.0 Å². The van der Waals surface area contributed by atoms with Gasteiger partial charge in [0.05, 0.1) is 19.5 Å². The summed E-state index contributed by atoms with van der Waals surface area (Å²) in [6.45, 7) is 2.06. The molecule has 1 aliphatic rings. The number of benzene rings is 1. The number of ether oxygens (including phenoxy) is 1. The summed E-state index contributed by atoms with van der Waals surface area (Å²) >= 11 is 0. The fourth-order valence-corrected chi connectivity index (χ4v) is 3.20. The standard InChI is InChI=1S/C18H23FN4O2/c1-25-18(24)23-9-6-16(7-10-23)21-17(12-22-11-8-20-13-22)14-2-4-15(19)5-3-14/h2-5,8,11,13,16-17,21H,6-7,9-10,12H2,1H3. The first kappa shape index (κ1) is 17.4. The van der Waals surface area contributed by atoms with Crippen LogP contribution in [0.25, 0.3) is 0 Å². The number of aromatic nitrogens is 2. The smallest absolute Gasteiger partial charge is 0.409 e. The maximum absolute atomic E-state index is 13.3. The number of methoxy groups -OCH3 is 1. The number of carbonyl (C=O) groups is 1. The van der Waals surface area contributed by atoms with E-state index in [9.17, 15) is 9.18 Å². The van der Waals surface area contributed by atoms with Gasteiger partial charge in [0.15, 0.2) is 0 Å². The van der Waals surface area contributed by atoms with E-state index in [0.29, 0.717) is 25.7 Å². The summed E-state index contributed by atoms with van der Waals surface area (Å²) < 4.78 is 20.0. The van der Waals surface area contributed by atoms with E-state index in [1.165, 1.54) is 19.2 Å². The zero-order valence-corrected chi connectivity index (χ0v) is 14.3. The van der Waals surface area contributed by atoms with Crippen LogP contribution in [0.15, 0.2) is 43.0 Å².